The van der Waals surface area contributed by atoms with Crippen LogP contribution >= 0.6 is 0 Å². The molecule has 300 valence electrons. The molecule has 3 aromatic rings. The molecule has 0 heterocycles. The van der Waals surface area contributed by atoms with Crippen LogP contribution in [0.4, 0.5) is 0 Å². The van der Waals surface area contributed by atoms with Crippen molar-refractivity contribution in [2.24, 2.45) is 0 Å². The van der Waals surface area contributed by atoms with Crippen molar-refractivity contribution >= 4 is 29.8 Å². The number of unbranched alkanes of at least 4 members (excludes halogenated alkanes) is 8. The van der Waals surface area contributed by atoms with E-state index in [2.05, 4.69) is 13.2 Å². The molecule has 0 spiro atoms. The molecule has 0 aliphatic heterocycles. The summed E-state index contributed by atoms with van der Waals surface area (Å²) in [6, 6.07) is 17.1. The van der Waals surface area contributed by atoms with Gasteiger partial charge in [-0.05, 0) is 125 Å². The molecule has 3 rings (SSSR count). The third-order valence-corrected chi connectivity index (χ3v) is 8.18. The minimum atomic E-state index is -0.803. The summed E-state index contributed by atoms with van der Waals surface area (Å²) >= 11 is 0. The molecule has 0 bridgehead atoms. The Balaban J connectivity index is 1.54. The largest absolute Gasteiger partial charge is 0.494 e. The third-order valence-electron chi connectivity index (χ3n) is 8.18. The maximum atomic E-state index is 13.3. The number of esters is 5. The first-order valence-corrected chi connectivity index (χ1v) is 19.0. The Morgan fingerprint density at radius 3 is 1.38 bits per heavy atom. The van der Waals surface area contributed by atoms with Crippen LogP contribution in [0, 0.1) is 0 Å². The van der Waals surface area contributed by atoms with E-state index in [0.29, 0.717) is 44.3 Å². The fourth-order valence-corrected chi connectivity index (χ4v) is 5.11. The third kappa shape index (κ3) is 17.0. The highest BCUT2D eigenvalue weighted by atomic mass is 16.6. The van der Waals surface area contributed by atoms with Crippen LogP contribution in [0.25, 0.3) is 0 Å². The van der Waals surface area contributed by atoms with Gasteiger partial charge in [0.1, 0.15) is 23.0 Å². The summed E-state index contributed by atoms with van der Waals surface area (Å²) in [5.41, 5.74) is -0.153. The fourth-order valence-electron chi connectivity index (χ4n) is 5.11. The standard InChI is InChI=1S/C44H52O12/c1-4-7-12-31-54-43(48)39-32-33(42(47)55-36-22-18-34(19-23-36)50-27-13-8-10-15-29-52-40(45)5-2)17-26-38(39)44(49)56-37-24-20-35(21-25-37)51-28-14-9-11-16-30-53-41(46)6-3/h5-6,17-26,32H,2-4,7-16,27-31H2,1H3. The highest BCUT2D eigenvalue weighted by molar-refractivity contribution is 6.06. The molecule has 12 heteroatoms. The number of carbonyl (C=O) groups is 5. The minimum Gasteiger partial charge on any atom is -0.494 e. The zero-order valence-corrected chi connectivity index (χ0v) is 32.1. The summed E-state index contributed by atoms with van der Waals surface area (Å²) in [6.45, 7) is 10.6. The van der Waals surface area contributed by atoms with Crippen molar-refractivity contribution in [3.63, 3.8) is 0 Å². The number of rotatable bonds is 27. The normalized spacial score (nSPS) is 10.4. The Hall–Kier alpha value is -5.91. The van der Waals surface area contributed by atoms with Crippen molar-refractivity contribution < 1.29 is 57.1 Å². The average Bonchev–Trinajstić information content (AvgIpc) is 3.21. The molecule has 0 saturated heterocycles. The smallest absolute Gasteiger partial charge is 0.344 e. The highest BCUT2D eigenvalue weighted by Crippen LogP contribution is 2.23. The predicted molar refractivity (Wildman–Crippen MR) is 209 cm³/mol. The highest BCUT2D eigenvalue weighted by Gasteiger charge is 2.23. The van der Waals surface area contributed by atoms with Crippen LogP contribution in [0.2, 0.25) is 0 Å². The Morgan fingerprint density at radius 2 is 0.893 bits per heavy atom. The first-order valence-electron chi connectivity index (χ1n) is 19.0. The summed E-state index contributed by atoms with van der Waals surface area (Å²) in [7, 11) is 0. The van der Waals surface area contributed by atoms with Crippen LogP contribution in [-0.2, 0) is 23.8 Å². The van der Waals surface area contributed by atoms with Crippen molar-refractivity contribution in [1.29, 1.82) is 0 Å². The molecule has 3 aromatic carbocycles. The van der Waals surface area contributed by atoms with Gasteiger partial charge in [-0.25, -0.2) is 24.0 Å². The van der Waals surface area contributed by atoms with Crippen molar-refractivity contribution in [3.8, 4) is 23.0 Å². The van der Waals surface area contributed by atoms with E-state index in [1.54, 1.807) is 48.5 Å². The van der Waals surface area contributed by atoms with Crippen molar-refractivity contribution in [2.75, 3.05) is 33.0 Å². The topological polar surface area (TPSA) is 150 Å². The molecule has 0 unspecified atom stereocenters. The second kappa shape index (κ2) is 26.0. The molecule has 0 radical (unpaired) electrons. The number of hydrogen-bond acceptors (Lipinski definition) is 12. The van der Waals surface area contributed by atoms with Crippen LogP contribution in [0.5, 0.6) is 23.0 Å². The molecule has 0 N–H and O–H groups in total. The first-order chi connectivity index (χ1) is 27.2. The Kier molecular flexibility index (Phi) is 20.6. The number of hydrogen-bond donors (Lipinski definition) is 0. The molecule has 0 fully saturated rings. The van der Waals surface area contributed by atoms with Crippen molar-refractivity contribution in [3.05, 3.63) is 109 Å². The van der Waals surface area contributed by atoms with Gasteiger partial charge in [0.25, 0.3) is 0 Å². The number of benzene rings is 3. The molecule has 0 saturated carbocycles. The molecular formula is C44H52O12. The Labute approximate surface area is 328 Å². The molecule has 0 amide bonds. The van der Waals surface area contributed by atoms with E-state index in [0.717, 1.165) is 76.4 Å². The molecule has 0 aromatic heterocycles. The van der Waals surface area contributed by atoms with E-state index in [1.165, 1.54) is 18.2 Å². The molecular weight excluding hydrogens is 720 g/mol. The Morgan fingerprint density at radius 1 is 0.464 bits per heavy atom. The van der Waals surface area contributed by atoms with Gasteiger partial charge in [0.05, 0.1) is 49.7 Å². The summed E-state index contributed by atoms with van der Waals surface area (Å²) < 4.78 is 38.0. The second-order valence-electron chi connectivity index (χ2n) is 12.6. The monoisotopic (exact) mass is 772 g/mol. The summed E-state index contributed by atoms with van der Waals surface area (Å²) in [5.74, 6) is -1.44. The molecule has 12 nitrogen and oxygen atoms in total. The van der Waals surface area contributed by atoms with Crippen molar-refractivity contribution in [1.82, 2.24) is 0 Å². The predicted octanol–water partition coefficient (Wildman–Crippen LogP) is 8.81. The van der Waals surface area contributed by atoms with E-state index >= 15 is 0 Å². The van der Waals surface area contributed by atoms with Gasteiger partial charge in [-0.2, -0.15) is 0 Å². The summed E-state index contributed by atoms with van der Waals surface area (Å²) in [4.78, 5) is 61.8. The quantitative estimate of drug-likeness (QED) is 0.0240. The van der Waals surface area contributed by atoms with E-state index in [1.807, 2.05) is 6.92 Å². The van der Waals surface area contributed by atoms with Gasteiger partial charge in [0.15, 0.2) is 0 Å². The lowest BCUT2D eigenvalue weighted by molar-refractivity contribution is -0.138. The van der Waals surface area contributed by atoms with E-state index in [9.17, 15) is 24.0 Å². The van der Waals surface area contributed by atoms with E-state index < -0.39 is 29.8 Å². The number of carbonyl (C=O) groups excluding carboxylic acids is 5. The maximum Gasteiger partial charge on any atom is 0.344 e. The van der Waals surface area contributed by atoms with Crippen LogP contribution in [0.1, 0.15) is 109 Å². The van der Waals surface area contributed by atoms with Gasteiger partial charge < -0.3 is 33.2 Å². The van der Waals surface area contributed by atoms with Gasteiger partial charge in [-0.1, -0.05) is 32.9 Å². The zero-order chi connectivity index (χ0) is 40.4. The lowest BCUT2D eigenvalue weighted by Crippen LogP contribution is -2.18. The SMILES string of the molecule is C=CC(=O)OCCCCCCOc1ccc(OC(=O)c2ccc(C(=O)Oc3ccc(OCCCCCCOC(=O)C=C)cc3)c(C(=O)OCCCCC)c2)cc1. The lowest BCUT2D eigenvalue weighted by atomic mass is 10.0. The zero-order valence-electron chi connectivity index (χ0n) is 32.1. The van der Waals surface area contributed by atoms with Gasteiger partial charge in [-0.3, -0.25) is 0 Å². The van der Waals surface area contributed by atoms with Crippen LogP contribution in [0.15, 0.2) is 92.0 Å². The maximum absolute atomic E-state index is 13.3. The van der Waals surface area contributed by atoms with Crippen LogP contribution < -0.4 is 18.9 Å². The lowest BCUT2D eigenvalue weighted by Gasteiger charge is -2.12. The Bertz CT molecular complexity index is 1710. The molecule has 0 atom stereocenters. The van der Waals surface area contributed by atoms with Crippen LogP contribution in [-0.4, -0.2) is 62.9 Å². The van der Waals surface area contributed by atoms with Gasteiger partial charge in [0, 0.05) is 12.2 Å². The van der Waals surface area contributed by atoms with Crippen molar-refractivity contribution in [2.45, 2.75) is 77.6 Å². The second-order valence-corrected chi connectivity index (χ2v) is 12.6. The minimum absolute atomic E-state index is 0.0410. The average molecular weight is 773 g/mol. The van der Waals surface area contributed by atoms with Gasteiger partial charge >= 0.3 is 29.8 Å². The molecule has 0 aliphatic rings. The summed E-state index contributed by atoms with van der Waals surface area (Å²) in [5, 5.41) is 0. The van der Waals surface area contributed by atoms with Gasteiger partial charge in [-0.15, -0.1) is 0 Å². The molecule has 56 heavy (non-hydrogen) atoms. The van der Waals surface area contributed by atoms with E-state index in [4.69, 9.17) is 33.2 Å². The van der Waals surface area contributed by atoms with E-state index in [-0.39, 0.29) is 34.8 Å². The van der Waals surface area contributed by atoms with Gasteiger partial charge in [0.2, 0.25) is 0 Å². The van der Waals surface area contributed by atoms with Crippen LogP contribution in [0.3, 0.4) is 0 Å². The number of ether oxygens (including phenoxy) is 7. The first kappa shape index (κ1) is 44.5. The summed E-state index contributed by atoms with van der Waals surface area (Å²) in [6.07, 6.45) is 11.5. The molecule has 0 aliphatic carbocycles. The fraction of sp³-hybridized carbons (Fsp3) is 0.386.